The molecule has 0 saturated carbocycles. The number of nitrogens with one attached hydrogen (secondary N) is 2. The summed E-state index contributed by atoms with van der Waals surface area (Å²) in [6, 6.07) is 20.5. The van der Waals surface area contributed by atoms with Crippen molar-refractivity contribution in [2.24, 2.45) is 0 Å². The Balaban J connectivity index is 1.59. The fraction of sp³-hybridized carbons (Fsp3) is 0.179. The minimum atomic E-state index is -3.96. The third-order valence-corrected chi connectivity index (χ3v) is 7.32. The molecule has 0 unspecified atom stereocenters. The highest BCUT2D eigenvalue weighted by Crippen LogP contribution is 2.24. The summed E-state index contributed by atoms with van der Waals surface area (Å²) in [6.45, 7) is -0.430. The average molecular weight is 549 g/mol. The van der Waals surface area contributed by atoms with Crippen LogP contribution in [0.5, 0.6) is 5.75 Å². The van der Waals surface area contributed by atoms with Crippen molar-refractivity contribution in [3.63, 3.8) is 0 Å². The van der Waals surface area contributed by atoms with Crippen molar-refractivity contribution in [1.29, 1.82) is 0 Å². The summed E-state index contributed by atoms with van der Waals surface area (Å²) in [5, 5.41) is 2.88. The number of furan rings is 1. The second kappa shape index (κ2) is 12.9. The predicted molar refractivity (Wildman–Crippen MR) is 143 cm³/mol. The van der Waals surface area contributed by atoms with E-state index in [4.69, 9.17) is 9.15 Å². The first-order valence-corrected chi connectivity index (χ1v) is 13.5. The first kappa shape index (κ1) is 27.6. The van der Waals surface area contributed by atoms with Crippen LogP contribution in [0.25, 0.3) is 0 Å². The second-order valence-corrected chi connectivity index (χ2v) is 10.3. The van der Waals surface area contributed by atoms with Crippen LogP contribution in [0, 0.1) is 0 Å². The van der Waals surface area contributed by atoms with Gasteiger partial charge in [-0.3, -0.25) is 14.6 Å². The average Bonchev–Trinajstić information content (AvgIpc) is 3.49. The van der Waals surface area contributed by atoms with Gasteiger partial charge in [0.15, 0.2) is 0 Å². The molecule has 4 aromatic rings. The van der Waals surface area contributed by atoms with Crippen LogP contribution in [0.3, 0.4) is 0 Å². The number of sulfonamides is 1. The summed E-state index contributed by atoms with van der Waals surface area (Å²) in [7, 11) is -2.39. The number of rotatable bonds is 12. The van der Waals surface area contributed by atoms with Crippen LogP contribution in [0.2, 0.25) is 0 Å². The van der Waals surface area contributed by atoms with Crippen LogP contribution in [0.4, 0.5) is 0 Å². The van der Waals surface area contributed by atoms with Gasteiger partial charge < -0.3 is 19.4 Å². The summed E-state index contributed by atoms with van der Waals surface area (Å²) in [5.41, 5.74) is 1.33. The van der Waals surface area contributed by atoms with E-state index in [1.54, 1.807) is 61.7 Å². The van der Waals surface area contributed by atoms with E-state index < -0.39 is 34.4 Å². The van der Waals surface area contributed by atoms with Crippen molar-refractivity contribution in [2.75, 3.05) is 13.7 Å². The van der Waals surface area contributed by atoms with Crippen molar-refractivity contribution in [3.8, 4) is 5.75 Å². The zero-order valence-corrected chi connectivity index (χ0v) is 22.0. The number of carbonyl (C=O) groups excluding carboxylic acids is 2. The molecule has 0 aliphatic carbocycles. The minimum absolute atomic E-state index is 0.0262. The number of methoxy groups -OCH3 is 1. The van der Waals surface area contributed by atoms with Crippen LogP contribution in [0.15, 0.2) is 107 Å². The van der Waals surface area contributed by atoms with E-state index in [1.807, 2.05) is 12.1 Å². The highest BCUT2D eigenvalue weighted by Gasteiger charge is 2.32. The standard InChI is InChI=1S/C28H28N4O6S/c1-37-23-11-9-21(10-12-23)18-30-28(34)27(22-13-15-29-16-14-22)32(20-24-6-5-17-38-24)26(33)19-31-39(35,36)25-7-3-2-4-8-25/h2-17,27,31H,18-20H2,1H3,(H,30,34)/t27-/m0/s1. The maximum atomic E-state index is 13.6. The summed E-state index contributed by atoms with van der Waals surface area (Å²) < 4.78 is 38.5. The quantitative estimate of drug-likeness (QED) is 0.278. The first-order valence-electron chi connectivity index (χ1n) is 12.0. The third kappa shape index (κ3) is 7.30. The lowest BCUT2D eigenvalue weighted by atomic mass is 10.0. The summed E-state index contributed by atoms with van der Waals surface area (Å²) >= 11 is 0. The number of benzene rings is 2. The molecule has 2 heterocycles. The molecule has 2 aromatic heterocycles. The molecule has 202 valence electrons. The molecular weight excluding hydrogens is 520 g/mol. The number of pyridine rings is 1. The number of nitrogens with zero attached hydrogens (tertiary/aromatic N) is 2. The van der Waals surface area contributed by atoms with Crippen LogP contribution >= 0.6 is 0 Å². The molecule has 39 heavy (non-hydrogen) atoms. The maximum absolute atomic E-state index is 13.6. The van der Waals surface area contributed by atoms with Gasteiger partial charge >= 0.3 is 0 Å². The first-order chi connectivity index (χ1) is 18.9. The molecule has 2 amide bonds. The Labute approximate surface area is 226 Å². The lowest BCUT2D eigenvalue weighted by Gasteiger charge is -2.31. The van der Waals surface area contributed by atoms with E-state index in [9.17, 15) is 18.0 Å². The van der Waals surface area contributed by atoms with Crippen molar-refractivity contribution in [1.82, 2.24) is 19.9 Å². The van der Waals surface area contributed by atoms with Gasteiger partial charge in [0.25, 0.3) is 0 Å². The van der Waals surface area contributed by atoms with E-state index in [2.05, 4.69) is 15.0 Å². The molecule has 11 heteroatoms. The Morgan fingerprint density at radius 3 is 2.33 bits per heavy atom. The van der Waals surface area contributed by atoms with Gasteiger partial charge in [-0.2, -0.15) is 0 Å². The van der Waals surface area contributed by atoms with E-state index >= 15 is 0 Å². The SMILES string of the molecule is COc1ccc(CNC(=O)[C@H](c2ccncc2)N(Cc2ccco2)C(=O)CNS(=O)(=O)c2ccccc2)cc1. The minimum Gasteiger partial charge on any atom is -0.497 e. The molecule has 4 rings (SSSR count). The lowest BCUT2D eigenvalue weighted by molar-refractivity contribution is -0.141. The predicted octanol–water partition coefficient (Wildman–Crippen LogP) is 3.05. The van der Waals surface area contributed by atoms with Gasteiger partial charge in [0.2, 0.25) is 21.8 Å². The van der Waals surface area contributed by atoms with Gasteiger partial charge in [-0.05, 0) is 59.7 Å². The largest absolute Gasteiger partial charge is 0.497 e. The van der Waals surface area contributed by atoms with Gasteiger partial charge in [-0.25, -0.2) is 13.1 Å². The second-order valence-electron chi connectivity index (χ2n) is 8.49. The molecule has 0 fully saturated rings. The van der Waals surface area contributed by atoms with Crippen molar-refractivity contribution >= 4 is 21.8 Å². The molecule has 2 N–H and O–H groups in total. The van der Waals surface area contributed by atoms with E-state index in [0.717, 1.165) is 5.56 Å². The number of carbonyl (C=O) groups is 2. The maximum Gasteiger partial charge on any atom is 0.247 e. The number of hydrogen-bond donors (Lipinski definition) is 2. The Morgan fingerprint density at radius 1 is 0.974 bits per heavy atom. The smallest absolute Gasteiger partial charge is 0.247 e. The number of aromatic nitrogens is 1. The van der Waals surface area contributed by atoms with Crippen LogP contribution in [0.1, 0.15) is 22.9 Å². The third-order valence-electron chi connectivity index (χ3n) is 5.90. The van der Waals surface area contributed by atoms with Gasteiger partial charge in [-0.1, -0.05) is 30.3 Å². The van der Waals surface area contributed by atoms with Gasteiger partial charge in [-0.15, -0.1) is 0 Å². The number of hydrogen-bond acceptors (Lipinski definition) is 7. The van der Waals surface area contributed by atoms with Gasteiger partial charge in [0, 0.05) is 18.9 Å². The zero-order chi connectivity index (χ0) is 27.7. The molecule has 0 radical (unpaired) electrons. The molecule has 2 aromatic carbocycles. The Hall–Kier alpha value is -4.48. The molecule has 10 nitrogen and oxygen atoms in total. The number of amides is 2. The summed E-state index contributed by atoms with van der Waals surface area (Å²) in [5.74, 6) is 0.0411. The molecular formula is C28H28N4O6S. The van der Waals surface area contributed by atoms with Crippen LogP contribution in [-0.4, -0.2) is 43.8 Å². The Kier molecular flexibility index (Phi) is 9.08. The van der Waals surface area contributed by atoms with Crippen LogP contribution in [-0.2, 0) is 32.7 Å². The van der Waals surface area contributed by atoms with E-state index in [0.29, 0.717) is 17.1 Å². The van der Waals surface area contributed by atoms with E-state index in [-0.39, 0.29) is 18.0 Å². The monoisotopic (exact) mass is 548 g/mol. The highest BCUT2D eigenvalue weighted by molar-refractivity contribution is 7.89. The summed E-state index contributed by atoms with van der Waals surface area (Å²) in [4.78, 5) is 32.5. The highest BCUT2D eigenvalue weighted by atomic mass is 32.2. The fourth-order valence-electron chi connectivity index (χ4n) is 3.88. The Morgan fingerprint density at radius 2 is 1.69 bits per heavy atom. The van der Waals surface area contributed by atoms with Crippen molar-refractivity contribution < 1.29 is 27.2 Å². The van der Waals surface area contributed by atoms with Gasteiger partial charge in [0.1, 0.15) is 17.6 Å². The lowest BCUT2D eigenvalue weighted by Crippen LogP contribution is -2.46. The fourth-order valence-corrected chi connectivity index (χ4v) is 4.88. The van der Waals surface area contributed by atoms with Crippen molar-refractivity contribution in [2.45, 2.75) is 24.0 Å². The van der Waals surface area contributed by atoms with Gasteiger partial charge in [0.05, 0.1) is 31.4 Å². The zero-order valence-electron chi connectivity index (χ0n) is 21.2. The molecule has 1 atom stereocenters. The normalized spacial score (nSPS) is 11.9. The molecule has 0 bridgehead atoms. The van der Waals surface area contributed by atoms with Crippen molar-refractivity contribution in [3.05, 3.63) is 114 Å². The molecule has 0 aliphatic rings. The summed E-state index contributed by atoms with van der Waals surface area (Å²) in [6.07, 6.45) is 4.50. The van der Waals surface area contributed by atoms with E-state index in [1.165, 1.54) is 35.7 Å². The topological polar surface area (TPSA) is 131 Å². The Bertz CT molecular complexity index is 1460. The molecule has 0 saturated heterocycles. The molecule has 0 spiro atoms. The number of ether oxygens (including phenoxy) is 1. The molecule has 0 aliphatic heterocycles. The van der Waals surface area contributed by atoms with Crippen LogP contribution < -0.4 is 14.8 Å².